The zero-order valence-corrected chi connectivity index (χ0v) is 18.6. The summed E-state index contributed by atoms with van der Waals surface area (Å²) in [5.74, 6) is 0. The normalized spacial score (nSPS) is 11.4. The zero-order valence-electron chi connectivity index (χ0n) is 17.8. The molecule has 2 heterocycles. The maximum atomic E-state index is 9.00. The first kappa shape index (κ1) is 19.6. The lowest BCUT2D eigenvalue weighted by molar-refractivity contribution is 0.724. The van der Waals surface area contributed by atoms with Crippen LogP contribution >= 0.6 is 11.6 Å². The molecule has 0 saturated heterocycles. The number of imidazole rings is 1. The molecule has 0 aliphatic heterocycles. The van der Waals surface area contributed by atoms with Crippen LogP contribution in [0.2, 0.25) is 5.02 Å². The standard InChI is InChI=1S/C28H21ClN4/c29-24-6-2-1-5-22(24)18-32-26-7-3-4-8-27(26)33(28(32)30)23-12-9-19(10-13-23)20-11-14-25-21(17-20)15-16-31-25/h1-17,30-31H,18H2. The summed E-state index contributed by atoms with van der Waals surface area (Å²) < 4.78 is 4.00. The van der Waals surface area contributed by atoms with E-state index in [9.17, 15) is 0 Å². The molecule has 4 nitrogen and oxygen atoms in total. The van der Waals surface area contributed by atoms with Crippen molar-refractivity contribution < 1.29 is 0 Å². The van der Waals surface area contributed by atoms with Gasteiger partial charge in [0.15, 0.2) is 0 Å². The maximum Gasteiger partial charge on any atom is 0.208 e. The van der Waals surface area contributed by atoms with Gasteiger partial charge in [-0.2, -0.15) is 0 Å². The summed E-state index contributed by atoms with van der Waals surface area (Å²) in [6.45, 7) is 0.542. The molecule has 0 fully saturated rings. The summed E-state index contributed by atoms with van der Waals surface area (Å²) in [5, 5.41) is 10.9. The van der Waals surface area contributed by atoms with Crippen molar-refractivity contribution in [2.45, 2.75) is 6.54 Å². The van der Waals surface area contributed by atoms with Crippen molar-refractivity contribution in [1.82, 2.24) is 14.1 Å². The Balaban J connectivity index is 1.44. The van der Waals surface area contributed by atoms with Crippen molar-refractivity contribution in [1.29, 1.82) is 5.41 Å². The van der Waals surface area contributed by atoms with Crippen molar-refractivity contribution >= 4 is 33.5 Å². The first-order valence-electron chi connectivity index (χ1n) is 10.9. The third-order valence-electron chi connectivity index (χ3n) is 6.18. The first-order chi connectivity index (χ1) is 16.2. The highest BCUT2D eigenvalue weighted by Gasteiger charge is 2.13. The second kappa shape index (κ2) is 7.84. The Morgan fingerprint density at radius 1 is 0.758 bits per heavy atom. The quantitative estimate of drug-likeness (QED) is 0.299. The van der Waals surface area contributed by atoms with E-state index < -0.39 is 0 Å². The lowest BCUT2D eigenvalue weighted by Crippen LogP contribution is -2.24. The molecule has 0 atom stereocenters. The molecule has 0 saturated carbocycles. The summed E-state index contributed by atoms with van der Waals surface area (Å²) in [6, 6.07) is 32.9. The van der Waals surface area contributed by atoms with Gasteiger partial charge in [0, 0.05) is 22.4 Å². The minimum atomic E-state index is 0.414. The van der Waals surface area contributed by atoms with Crippen molar-refractivity contribution in [3.8, 4) is 16.8 Å². The van der Waals surface area contributed by atoms with E-state index in [2.05, 4.69) is 65.6 Å². The van der Waals surface area contributed by atoms with Gasteiger partial charge in [0.2, 0.25) is 5.62 Å². The van der Waals surface area contributed by atoms with E-state index in [0.29, 0.717) is 17.2 Å². The molecular formula is C28H21ClN4. The molecule has 4 aromatic carbocycles. The molecule has 33 heavy (non-hydrogen) atoms. The van der Waals surface area contributed by atoms with Crippen LogP contribution in [0.3, 0.4) is 0 Å². The second-order valence-corrected chi connectivity index (χ2v) is 8.56. The predicted octanol–water partition coefficient (Wildman–Crippen LogP) is 6.76. The van der Waals surface area contributed by atoms with Gasteiger partial charge in [0.05, 0.1) is 17.6 Å². The average molecular weight is 449 g/mol. The van der Waals surface area contributed by atoms with E-state index in [-0.39, 0.29) is 0 Å². The number of H-pyrrole nitrogens is 1. The molecule has 0 amide bonds. The largest absolute Gasteiger partial charge is 0.361 e. The number of hydrogen-bond acceptors (Lipinski definition) is 1. The Bertz CT molecular complexity index is 1670. The molecule has 0 unspecified atom stereocenters. The van der Waals surface area contributed by atoms with Crippen LogP contribution in [0.15, 0.2) is 103 Å². The number of fused-ring (bicyclic) bond motifs is 2. The number of aromatic nitrogens is 3. The fourth-order valence-corrected chi connectivity index (χ4v) is 4.68. The van der Waals surface area contributed by atoms with Gasteiger partial charge < -0.3 is 9.55 Å². The molecule has 0 spiro atoms. The highest BCUT2D eigenvalue weighted by atomic mass is 35.5. The van der Waals surface area contributed by atoms with Crippen LogP contribution in [-0.4, -0.2) is 14.1 Å². The smallest absolute Gasteiger partial charge is 0.208 e. The molecule has 6 aromatic rings. The Hall–Kier alpha value is -4.02. The minimum absolute atomic E-state index is 0.414. The predicted molar refractivity (Wildman–Crippen MR) is 135 cm³/mol. The second-order valence-electron chi connectivity index (χ2n) is 8.15. The maximum absolute atomic E-state index is 9.00. The fourth-order valence-electron chi connectivity index (χ4n) is 4.48. The van der Waals surface area contributed by atoms with Crippen LogP contribution < -0.4 is 5.62 Å². The van der Waals surface area contributed by atoms with Crippen LogP contribution in [-0.2, 0) is 6.54 Å². The van der Waals surface area contributed by atoms with Crippen LogP contribution in [0, 0.1) is 5.41 Å². The lowest BCUT2D eigenvalue weighted by atomic mass is 10.0. The zero-order chi connectivity index (χ0) is 22.4. The van der Waals surface area contributed by atoms with Gasteiger partial charge in [0.1, 0.15) is 0 Å². The molecule has 0 aliphatic rings. The van der Waals surface area contributed by atoms with E-state index in [4.69, 9.17) is 17.0 Å². The third-order valence-corrected chi connectivity index (χ3v) is 6.55. The van der Waals surface area contributed by atoms with Crippen molar-refractivity contribution in [3.63, 3.8) is 0 Å². The first-order valence-corrected chi connectivity index (χ1v) is 11.2. The van der Waals surface area contributed by atoms with Crippen LogP contribution in [0.5, 0.6) is 0 Å². The molecule has 6 rings (SSSR count). The number of aromatic amines is 1. The number of hydrogen-bond donors (Lipinski definition) is 2. The van der Waals surface area contributed by atoms with Gasteiger partial charge >= 0.3 is 0 Å². The van der Waals surface area contributed by atoms with Crippen molar-refractivity contribution in [2.75, 3.05) is 0 Å². The highest BCUT2D eigenvalue weighted by Crippen LogP contribution is 2.26. The van der Waals surface area contributed by atoms with Crippen molar-refractivity contribution in [2.24, 2.45) is 0 Å². The van der Waals surface area contributed by atoms with Gasteiger partial charge in [-0.3, -0.25) is 9.98 Å². The van der Waals surface area contributed by atoms with E-state index in [1.807, 2.05) is 51.7 Å². The molecule has 0 radical (unpaired) electrons. The van der Waals surface area contributed by atoms with Gasteiger partial charge in [-0.1, -0.05) is 60.1 Å². The van der Waals surface area contributed by atoms with E-state index in [1.54, 1.807) is 0 Å². The summed E-state index contributed by atoms with van der Waals surface area (Å²) >= 11 is 6.42. The van der Waals surface area contributed by atoms with Gasteiger partial charge in [0.25, 0.3) is 0 Å². The van der Waals surface area contributed by atoms with E-state index in [0.717, 1.165) is 33.4 Å². The number of nitrogens with one attached hydrogen (secondary N) is 2. The molecule has 2 N–H and O–H groups in total. The number of para-hydroxylation sites is 2. The lowest BCUT2D eigenvalue weighted by Gasteiger charge is -2.08. The third kappa shape index (κ3) is 3.36. The summed E-state index contributed by atoms with van der Waals surface area (Å²) in [6.07, 6.45) is 1.96. The van der Waals surface area contributed by atoms with Crippen molar-refractivity contribution in [3.05, 3.63) is 119 Å². The number of rotatable bonds is 4. The molecular weight excluding hydrogens is 428 g/mol. The Kier molecular flexibility index (Phi) is 4.67. The molecule has 5 heteroatoms. The average Bonchev–Trinajstić information content (AvgIpc) is 3.43. The number of halogens is 1. The van der Waals surface area contributed by atoms with E-state index in [1.165, 1.54) is 10.9 Å². The van der Waals surface area contributed by atoms with Crippen LogP contribution in [0.1, 0.15) is 5.56 Å². The molecule has 0 aliphatic carbocycles. The van der Waals surface area contributed by atoms with Crippen LogP contribution in [0.4, 0.5) is 0 Å². The minimum Gasteiger partial charge on any atom is -0.361 e. The highest BCUT2D eigenvalue weighted by molar-refractivity contribution is 6.31. The Labute approximate surface area is 195 Å². The monoisotopic (exact) mass is 448 g/mol. The number of nitrogens with zero attached hydrogens (tertiary/aromatic N) is 2. The summed E-state index contributed by atoms with van der Waals surface area (Å²) in [4.78, 5) is 3.24. The SMILES string of the molecule is N=c1n(Cc2ccccc2Cl)c2ccccc2n1-c1ccc(-c2ccc3[nH]ccc3c2)cc1. The fraction of sp³-hybridized carbons (Fsp3) is 0.0357. The molecule has 160 valence electrons. The molecule has 2 aromatic heterocycles. The van der Waals surface area contributed by atoms with E-state index >= 15 is 0 Å². The van der Waals surface area contributed by atoms with Crippen LogP contribution in [0.25, 0.3) is 38.8 Å². The van der Waals surface area contributed by atoms with Gasteiger partial charge in [-0.15, -0.1) is 0 Å². The van der Waals surface area contributed by atoms with Gasteiger partial charge in [-0.25, -0.2) is 0 Å². The Morgan fingerprint density at radius 2 is 1.48 bits per heavy atom. The number of benzene rings is 4. The Morgan fingerprint density at radius 3 is 2.30 bits per heavy atom. The van der Waals surface area contributed by atoms with Gasteiger partial charge in [-0.05, 0) is 70.6 Å². The molecule has 0 bridgehead atoms. The topological polar surface area (TPSA) is 49.5 Å². The summed E-state index contributed by atoms with van der Waals surface area (Å²) in [7, 11) is 0. The summed E-state index contributed by atoms with van der Waals surface area (Å²) in [5.41, 5.74) is 7.82.